The molecule has 0 spiro atoms. The highest BCUT2D eigenvalue weighted by molar-refractivity contribution is 5.83. The monoisotopic (exact) mass is 364 g/mol. The van der Waals surface area contributed by atoms with Crippen LogP contribution >= 0.6 is 0 Å². The Hall–Kier alpha value is -2.40. The third-order valence-corrected chi connectivity index (χ3v) is 5.54. The zero-order valence-electron chi connectivity index (χ0n) is 16.4. The molecule has 0 amide bonds. The van der Waals surface area contributed by atoms with Gasteiger partial charge in [0.05, 0.1) is 5.69 Å². The van der Waals surface area contributed by atoms with Crippen LogP contribution in [0.1, 0.15) is 61.3 Å². The van der Waals surface area contributed by atoms with Gasteiger partial charge in [0.1, 0.15) is 5.82 Å². The summed E-state index contributed by atoms with van der Waals surface area (Å²) in [6, 6.07) is 6.72. The maximum absolute atomic E-state index is 12.3. The average Bonchev–Trinajstić information content (AvgIpc) is 3.04. The van der Waals surface area contributed by atoms with Gasteiger partial charge in [-0.3, -0.25) is 9.69 Å². The van der Waals surface area contributed by atoms with Crippen LogP contribution in [-0.2, 0) is 25.9 Å². The molecule has 0 bridgehead atoms. The molecule has 2 aromatic heterocycles. The van der Waals surface area contributed by atoms with E-state index in [9.17, 15) is 4.79 Å². The lowest BCUT2D eigenvalue weighted by Crippen LogP contribution is -2.35. The molecule has 27 heavy (non-hydrogen) atoms. The minimum absolute atomic E-state index is 0.0522. The summed E-state index contributed by atoms with van der Waals surface area (Å²) >= 11 is 0. The van der Waals surface area contributed by atoms with Crippen molar-refractivity contribution in [2.24, 2.45) is 0 Å². The lowest BCUT2D eigenvalue weighted by atomic mass is 10.0. The van der Waals surface area contributed by atoms with Crippen molar-refractivity contribution >= 4 is 10.9 Å². The maximum Gasteiger partial charge on any atom is 0.254 e. The van der Waals surface area contributed by atoms with Gasteiger partial charge in [-0.1, -0.05) is 32.9 Å². The minimum atomic E-state index is 0.0522. The first kappa shape index (κ1) is 18.0. The van der Waals surface area contributed by atoms with Gasteiger partial charge in [-0.05, 0) is 36.0 Å². The van der Waals surface area contributed by atoms with E-state index in [2.05, 4.69) is 60.0 Å². The number of nitrogens with zero attached hydrogens (tertiary/aromatic N) is 2. The first-order chi connectivity index (χ1) is 13.0. The van der Waals surface area contributed by atoms with Gasteiger partial charge in [-0.25, -0.2) is 4.98 Å². The fraction of sp³-hybridized carbons (Fsp3) is 0.455. The second-order valence-corrected chi connectivity index (χ2v) is 7.92. The van der Waals surface area contributed by atoms with E-state index in [1.807, 2.05) is 0 Å². The third kappa shape index (κ3) is 3.56. The lowest BCUT2D eigenvalue weighted by molar-refractivity contribution is 0.241. The summed E-state index contributed by atoms with van der Waals surface area (Å²) in [4.78, 5) is 25.8. The molecule has 142 valence electrons. The fourth-order valence-corrected chi connectivity index (χ4v) is 3.97. The normalized spacial score (nSPS) is 14.8. The van der Waals surface area contributed by atoms with Gasteiger partial charge >= 0.3 is 0 Å². The van der Waals surface area contributed by atoms with Crippen molar-refractivity contribution in [2.45, 2.75) is 59.0 Å². The number of aryl methyl sites for hydroxylation is 1. The molecule has 0 radical (unpaired) electrons. The molecule has 0 fully saturated rings. The number of H-pyrrole nitrogens is 2. The topological polar surface area (TPSA) is 64.8 Å². The van der Waals surface area contributed by atoms with Gasteiger partial charge in [0.2, 0.25) is 0 Å². The molecule has 1 aliphatic heterocycles. The minimum Gasteiger partial charge on any atom is -0.361 e. The lowest BCUT2D eigenvalue weighted by Gasteiger charge is -2.27. The molecule has 2 N–H and O–H groups in total. The van der Waals surface area contributed by atoms with E-state index in [0.717, 1.165) is 56.0 Å². The summed E-state index contributed by atoms with van der Waals surface area (Å²) in [6.45, 7) is 9.05. The number of nitrogens with one attached hydrogen (secondary N) is 2. The number of aromatic nitrogens is 3. The van der Waals surface area contributed by atoms with Crippen molar-refractivity contribution in [3.8, 4) is 0 Å². The van der Waals surface area contributed by atoms with Crippen molar-refractivity contribution in [3.63, 3.8) is 0 Å². The van der Waals surface area contributed by atoms with Gasteiger partial charge in [0.25, 0.3) is 5.56 Å². The van der Waals surface area contributed by atoms with Gasteiger partial charge in [0, 0.05) is 48.7 Å². The van der Waals surface area contributed by atoms with E-state index < -0.39 is 0 Å². The Kier molecular flexibility index (Phi) is 4.87. The largest absolute Gasteiger partial charge is 0.361 e. The second-order valence-electron chi connectivity index (χ2n) is 7.92. The highest BCUT2D eigenvalue weighted by atomic mass is 16.1. The number of hydrogen-bond donors (Lipinski definition) is 2. The SMILES string of the molecule is CCCc1nc2c(c(=O)[nH]1)CCN(Cc1c[nH]c3cc(C(C)C)ccc13)C2. The molecule has 3 aromatic rings. The molecule has 1 aliphatic rings. The van der Waals surface area contributed by atoms with Crippen LogP contribution < -0.4 is 5.56 Å². The number of benzene rings is 1. The molecule has 1 aromatic carbocycles. The van der Waals surface area contributed by atoms with Gasteiger partial charge in [0.15, 0.2) is 0 Å². The molecule has 3 heterocycles. The molecule has 0 unspecified atom stereocenters. The third-order valence-electron chi connectivity index (χ3n) is 5.54. The Morgan fingerprint density at radius 3 is 2.93 bits per heavy atom. The zero-order chi connectivity index (χ0) is 19.0. The van der Waals surface area contributed by atoms with Crippen LogP contribution in [0, 0.1) is 0 Å². The molecule has 5 heteroatoms. The quantitative estimate of drug-likeness (QED) is 0.722. The average molecular weight is 364 g/mol. The van der Waals surface area contributed by atoms with E-state index in [4.69, 9.17) is 4.98 Å². The predicted octanol–water partition coefficient (Wildman–Crippen LogP) is 3.89. The molecular weight excluding hydrogens is 336 g/mol. The Balaban J connectivity index is 1.56. The Morgan fingerprint density at radius 2 is 2.15 bits per heavy atom. The number of fused-ring (bicyclic) bond motifs is 2. The van der Waals surface area contributed by atoms with Crippen molar-refractivity contribution in [2.75, 3.05) is 6.54 Å². The van der Waals surface area contributed by atoms with E-state index in [0.29, 0.717) is 5.92 Å². The van der Waals surface area contributed by atoms with Gasteiger partial charge in [-0.2, -0.15) is 0 Å². The second kappa shape index (κ2) is 7.31. The number of rotatable bonds is 5. The number of hydrogen-bond acceptors (Lipinski definition) is 3. The van der Waals surface area contributed by atoms with Crippen LogP contribution in [0.25, 0.3) is 10.9 Å². The summed E-state index contributed by atoms with van der Waals surface area (Å²) in [5.41, 5.74) is 5.74. The van der Waals surface area contributed by atoms with Crippen LogP contribution in [-0.4, -0.2) is 26.4 Å². The summed E-state index contributed by atoms with van der Waals surface area (Å²) in [5, 5.41) is 1.29. The fourth-order valence-electron chi connectivity index (χ4n) is 3.97. The molecule has 0 aliphatic carbocycles. The van der Waals surface area contributed by atoms with Crippen molar-refractivity contribution < 1.29 is 0 Å². The van der Waals surface area contributed by atoms with Crippen LogP contribution in [0.2, 0.25) is 0 Å². The van der Waals surface area contributed by atoms with Gasteiger partial charge in [-0.15, -0.1) is 0 Å². The molecule has 0 atom stereocenters. The Labute approximate surface area is 159 Å². The zero-order valence-corrected chi connectivity index (χ0v) is 16.4. The van der Waals surface area contributed by atoms with Crippen molar-refractivity contribution in [1.29, 1.82) is 0 Å². The van der Waals surface area contributed by atoms with Gasteiger partial charge < -0.3 is 9.97 Å². The summed E-state index contributed by atoms with van der Waals surface area (Å²) in [6.07, 6.45) is 4.70. The summed E-state index contributed by atoms with van der Waals surface area (Å²) in [7, 11) is 0. The molecule has 4 rings (SSSR count). The van der Waals surface area contributed by atoms with Crippen molar-refractivity contribution in [3.05, 3.63) is 63.0 Å². The van der Waals surface area contributed by atoms with Crippen molar-refractivity contribution in [1.82, 2.24) is 19.9 Å². The first-order valence-electron chi connectivity index (χ1n) is 9.98. The molecule has 5 nitrogen and oxygen atoms in total. The first-order valence-corrected chi connectivity index (χ1v) is 9.98. The van der Waals surface area contributed by atoms with E-state index in [1.165, 1.54) is 22.0 Å². The summed E-state index contributed by atoms with van der Waals surface area (Å²) < 4.78 is 0. The standard InChI is InChI=1S/C22H28N4O/c1-4-5-21-24-20-13-26(9-8-18(20)22(27)25-21)12-16-11-23-19-10-15(14(2)3)6-7-17(16)19/h6-7,10-11,14,23H,4-5,8-9,12-13H2,1-3H3,(H,24,25,27). The van der Waals surface area contributed by atoms with Crippen LogP contribution in [0.4, 0.5) is 0 Å². The molecular formula is C22H28N4O. The highest BCUT2D eigenvalue weighted by Crippen LogP contribution is 2.25. The predicted molar refractivity (Wildman–Crippen MR) is 109 cm³/mol. The van der Waals surface area contributed by atoms with E-state index in [1.54, 1.807) is 0 Å². The number of aromatic amines is 2. The molecule has 0 saturated carbocycles. The van der Waals surface area contributed by atoms with Crippen LogP contribution in [0.15, 0.2) is 29.2 Å². The summed E-state index contributed by atoms with van der Waals surface area (Å²) in [5.74, 6) is 1.35. The highest BCUT2D eigenvalue weighted by Gasteiger charge is 2.21. The Morgan fingerprint density at radius 1 is 1.30 bits per heavy atom. The van der Waals surface area contributed by atoms with E-state index >= 15 is 0 Å². The van der Waals surface area contributed by atoms with Crippen LogP contribution in [0.3, 0.4) is 0 Å². The van der Waals surface area contributed by atoms with Crippen LogP contribution in [0.5, 0.6) is 0 Å². The Bertz CT molecular complexity index is 1010. The van der Waals surface area contributed by atoms with E-state index in [-0.39, 0.29) is 5.56 Å². The maximum atomic E-state index is 12.3. The molecule has 0 saturated heterocycles. The smallest absolute Gasteiger partial charge is 0.254 e.